The minimum Gasteiger partial charge on any atom is -0.351 e. The molecule has 4 bridgehead atoms. The van der Waals surface area contributed by atoms with Crippen LogP contribution >= 0.6 is 11.3 Å². The third-order valence-corrected chi connectivity index (χ3v) is 10.2. The van der Waals surface area contributed by atoms with Crippen LogP contribution in [0.15, 0.2) is 29.1 Å². The highest BCUT2D eigenvalue weighted by Crippen LogP contribution is 2.61. The molecule has 1 N–H and O–H groups in total. The number of aromatic nitrogens is 2. The van der Waals surface area contributed by atoms with Gasteiger partial charge in [0.25, 0.3) is 5.56 Å². The lowest BCUT2D eigenvalue weighted by atomic mass is 9.48. The largest absolute Gasteiger partial charge is 0.351 e. The molecule has 2 heterocycles. The second-order valence-corrected chi connectivity index (χ2v) is 12.1. The molecular weight excluding hydrogens is 430 g/mol. The summed E-state index contributed by atoms with van der Waals surface area (Å²) in [6.07, 6.45) is 8.48. The van der Waals surface area contributed by atoms with Crippen molar-refractivity contribution in [2.24, 2.45) is 23.2 Å². The first kappa shape index (κ1) is 21.3. The maximum atomic E-state index is 13.6. The normalized spacial score (nSPS) is 30.1. The fourth-order valence-electron chi connectivity index (χ4n) is 7.73. The van der Waals surface area contributed by atoms with Gasteiger partial charge in [0, 0.05) is 16.1 Å². The van der Waals surface area contributed by atoms with E-state index in [1.165, 1.54) is 43.2 Å². The zero-order valence-electron chi connectivity index (χ0n) is 19.8. The summed E-state index contributed by atoms with van der Waals surface area (Å²) >= 11 is 1.61. The summed E-state index contributed by atoms with van der Waals surface area (Å²) in [7, 11) is 0. The van der Waals surface area contributed by atoms with Crippen molar-refractivity contribution in [3.8, 4) is 0 Å². The van der Waals surface area contributed by atoms with Crippen molar-refractivity contribution >= 4 is 37.4 Å². The van der Waals surface area contributed by atoms with Gasteiger partial charge in [-0.25, -0.2) is 4.68 Å². The maximum Gasteiger partial charge on any atom is 0.276 e. The van der Waals surface area contributed by atoms with Gasteiger partial charge in [0.05, 0.1) is 15.8 Å². The highest BCUT2D eigenvalue weighted by Gasteiger charge is 2.53. The van der Waals surface area contributed by atoms with E-state index in [2.05, 4.69) is 17.3 Å². The number of benzene rings is 1. The minimum atomic E-state index is -0.587. The topological polar surface area (TPSA) is 64.0 Å². The fraction of sp³-hybridized carbons (Fsp3) is 0.593. The fourth-order valence-corrected chi connectivity index (χ4v) is 8.87. The number of hydrogen-bond donors (Lipinski definition) is 1. The highest BCUT2D eigenvalue weighted by atomic mass is 32.1. The van der Waals surface area contributed by atoms with Crippen molar-refractivity contribution in [1.29, 1.82) is 0 Å². The van der Waals surface area contributed by atoms with E-state index in [4.69, 9.17) is 0 Å². The van der Waals surface area contributed by atoms with Crippen LogP contribution in [0.2, 0.25) is 0 Å². The van der Waals surface area contributed by atoms with Crippen LogP contribution in [0, 0.1) is 30.1 Å². The standard InChI is InChI=1S/C27H33N3O2S/c1-4-21(25(31)28-16(3)27-12-17-9-18(13-27)11-19(10-17)14-27)30-26(32)23-20-7-5-6-8-22(20)33-24(23)15(2)29-30/h5-8,16-19,21H,4,9-14H2,1-3H3,(H,28,31)/t16-,17?,18?,19?,21-,27?/m0/s1. The lowest BCUT2D eigenvalue weighted by molar-refractivity contribution is -0.129. The quantitative estimate of drug-likeness (QED) is 0.536. The van der Waals surface area contributed by atoms with Gasteiger partial charge in [0.15, 0.2) is 0 Å². The van der Waals surface area contributed by atoms with Crippen molar-refractivity contribution in [2.75, 3.05) is 0 Å². The first-order chi connectivity index (χ1) is 15.9. The van der Waals surface area contributed by atoms with Gasteiger partial charge in [0.1, 0.15) is 6.04 Å². The SMILES string of the molecule is CC[C@@H](C(=O)N[C@@H](C)C12CC3CC(CC(C3)C1)C2)n1nc(C)c2sc3ccccc3c2c1=O. The van der Waals surface area contributed by atoms with E-state index in [0.717, 1.165) is 38.2 Å². The molecule has 4 saturated carbocycles. The molecule has 0 aliphatic heterocycles. The average molecular weight is 464 g/mol. The molecule has 1 amide bonds. The van der Waals surface area contributed by atoms with Crippen LogP contribution < -0.4 is 10.9 Å². The zero-order chi connectivity index (χ0) is 22.9. The molecule has 0 spiro atoms. The second-order valence-electron chi connectivity index (χ2n) is 11.1. The lowest BCUT2D eigenvalue weighted by Gasteiger charge is -2.59. The molecule has 2 aromatic heterocycles. The Kier molecular flexibility index (Phi) is 4.95. The van der Waals surface area contributed by atoms with E-state index in [0.29, 0.717) is 11.8 Å². The van der Waals surface area contributed by atoms with Crippen LogP contribution in [0.25, 0.3) is 20.2 Å². The number of carbonyl (C=O) groups is 1. The number of rotatable bonds is 5. The van der Waals surface area contributed by atoms with Gasteiger partial charge in [-0.2, -0.15) is 5.10 Å². The number of nitrogens with zero attached hydrogens (tertiary/aromatic N) is 2. The molecule has 7 rings (SSSR count). The van der Waals surface area contributed by atoms with Crippen LogP contribution in [0.5, 0.6) is 0 Å². The van der Waals surface area contributed by atoms with E-state index in [1.54, 1.807) is 11.3 Å². The molecule has 2 atom stereocenters. The van der Waals surface area contributed by atoms with Crippen LogP contribution in [0.3, 0.4) is 0 Å². The van der Waals surface area contributed by atoms with Crippen molar-refractivity contribution in [1.82, 2.24) is 15.1 Å². The summed E-state index contributed by atoms with van der Waals surface area (Å²) in [4.78, 5) is 27.2. The number of aryl methyl sites for hydroxylation is 1. The zero-order valence-corrected chi connectivity index (χ0v) is 20.6. The van der Waals surface area contributed by atoms with Gasteiger partial charge in [-0.15, -0.1) is 11.3 Å². The molecule has 4 aliphatic carbocycles. The molecule has 3 aromatic rings. The summed E-state index contributed by atoms with van der Waals surface area (Å²) in [6, 6.07) is 7.54. The van der Waals surface area contributed by atoms with E-state index < -0.39 is 6.04 Å². The number of amides is 1. The van der Waals surface area contributed by atoms with Crippen LogP contribution in [-0.4, -0.2) is 21.7 Å². The molecule has 174 valence electrons. The predicted octanol–water partition coefficient (Wildman–Crippen LogP) is 5.59. The third-order valence-electron chi connectivity index (χ3n) is 8.95. The molecule has 33 heavy (non-hydrogen) atoms. The molecule has 4 aliphatic rings. The van der Waals surface area contributed by atoms with Crippen LogP contribution in [0.1, 0.15) is 70.5 Å². The van der Waals surface area contributed by atoms with Crippen LogP contribution in [0.4, 0.5) is 0 Å². The smallest absolute Gasteiger partial charge is 0.276 e. The van der Waals surface area contributed by atoms with E-state index in [9.17, 15) is 9.59 Å². The Labute approximate surface area is 198 Å². The third kappa shape index (κ3) is 3.28. The van der Waals surface area contributed by atoms with E-state index in [1.807, 2.05) is 38.1 Å². The van der Waals surface area contributed by atoms with Crippen molar-refractivity contribution < 1.29 is 4.79 Å². The Balaban J connectivity index is 1.33. The van der Waals surface area contributed by atoms with E-state index >= 15 is 0 Å². The van der Waals surface area contributed by atoms with Crippen molar-refractivity contribution in [3.63, 3.8) is 0 Å². The monoisotopic (exact) mass is 463 g/mol. The Morgan fingerprint density at radius 2 is 1.82 bits per heavy atom. The van der Waals surface area contributed by atoms with Gasteiger partial charge in [-0.05, 0) is 88.0 Å². The number of carbonyl (C=O) groups excluding carboxylic acids is 1. The molecule has 0 saturated heterocycles. The minimum absolute atomic E-state index is 0.0615. The van der Waals surface area contributed by atoms with Gasteiger partial charge in [-0.3, -0.25) is 9.59 Å². The molecular formula is C27H33N3O2S. The average Bonchev–Trinajstić information content (AvgIpc) is 3.17. The summed E-state index contributed by atoms with van der Waals surface area (Å²) in [5.41, 5.74) is 0.897. The molecule has 0 radical (unpaired) electrons. The molecule has 4 fully saturated rings. The number of thiophene rings is 1. The van der Waals surface area contributed by atoms with E-state index in [-0.39, 0.29) is 22.9 Å². The van der Waals surface area contributed by atoms with Crippen molar-refractivity contribution in [2.45, 2.75) is 77.8 Å². The molecule has 5 nitrogen and oxygen atoms in total. The lowest BCUT2D eigenvalue weighted by Crippen LogP contribution is -2.56. The molecule has 0 unspecified atom stereocenters. The summed E-state index contributed by atoms with van der Waals surface area (Å²) < 4.78 is 3.47. The first-order valence-corrected chi connectivity index (χ1v) is 13.4. The van der Waals surface area contributed by atoms with Gasteiger partial charge in [-0.1, -0.05) is 25.1 Å². The van der Waals surface area contributed by atoms with Gasteiger partial charge in [0.2, 0.25) is 5.91 Å². The van der Waals surface area contributed by atoms with Crippen LogP contribution in [-0.2, 0) is 4.79 Å². The number of hydrogen-bond acceptors (Lipinski definition) is 4. The number of fused-ring (bicyclic) bond motifs is 3. The van der Waals surface area contributed by atoms with Gasteiger partial charge < -0.3 is 5.32 Å². The predicted molar refractivity (Wildman–Crippen MR) is 134 cm³/mol. The Morgan fingerprint density at radius 3 is 2.45 bits per heavy atom. The summed E-state index contributed by atoms with van der Waals surface area (Å²) in [5, 5.41) is 9.67. The Bertz CT molecular complexity index is 1270. The van der Waals surface area contributed by atoms with Gasteiger partial charge >= 0.3 is 0 Å². The highest BCUT2D eigenvalue weighted by molar-refractivity contribution is 7.26. The molecule has 1 aromatic carbocycles. The number of nitrogens with one attached hydrogen (secondary N) is 1. The maximum absolute atomic E-state index is 13.6. The Morgan fingerprint density at radius 1 is 1.18 bits per heavy atom. The van der Waals surface area contributed by atoms with Crippen molar-refractivity contribution in [3.05, 3.63) is 40.3 Å². The first-order valence-electron chi connectivity index (χ1n) is 12.6. The second kappa shape index (κ2) is 7.66. The Hall–Kier alpha value is -2.21. The summed E-state index contributed by atoms with van der Waals surface area (Å²) in [5.74, 6) is 2.48. The summed E-state index contributed by atoms with van der Waals surface area (Å²) in [6.45, 7) is 6.12. The molecule has 6 heteroatoms.